The van der Waals surface area contributed by atoms with E-state index in [4.69, 9.17) is 23.2 Å². The van der Waals surface area contributed by atoms with Gasteiger partial charge in [0.25, 0.3) is 0 Å². The highest BCUT2D eigenvalue weighted by molar-refractivity contribution is 6.35. The van der Waals surface area contributed by atoms with Gasteiger partial charge in [0.05, 0.1) is 5.92 Å². The topological polar surface area (TPSA) is 29.1 Å². The summed E-state index contributed by atoms with van der Waals surface area (Å²) in [5.74, 6) is -0.0759. The molecule has 0 aliphatic carbocycles. The van der Waals surface area contributed by atoms with Gasteiger partial charge in [0, 0.05) is 22.5 Å². The summed E-state index contributed by atoms with van der Waals surface area (Å²) in [5.41, 5.74) is 2.01. The first-order valence-corrected chi connectivity index (χ1v) is 7.70. The van der Waals surface area contributed by atoms with Crippen LogP contribution >= 0.6 is 23.2 Å². The summed E-state index contributed by atoms with van der Waals surface area (Å²) in [7, 11) is 0. The lowest BCUT2D eigenvalue weighted by molar-refractivity contribution is -0.124. The molecule has 1 aliphatic heterocycles. The van der Waals surface area contributed by atoms with Gasteiger partial charge in [-0.1, -0.05) is 59.6 Å². The largest absolute Gasteiger partial charge is 0.356 e. The van der Waals surface area contributed by atoms with Gasteiger partial charge in [-0.25, -0.2) is 0 Å². The first-order chi connectivity index (χ1) is 10.2. The molecule has 1 aliphatic rings. The molecule has 1 amide bonds. The number of halogens is 2. The van der Waals surface area contributed by atoms with Crippen molar-refractivity contribution in [2.75, 3.05) is 6.54 Å². The molecule has 0 aromatic heterocycles. The number of hydrogen-bond acceptors (Lipinski definition) is 1. The van der Waals surface area contributed by atoms with E-state index < -0.39 is 0 Å². The number of hydrogen-bond donors (Lipinski definition) is 1. The summed E-state index contributed by atoms with van der Waals surface area (Å²) in [5, 5.41) is 4.19. The third-order valence-corrected chi connectivity index (χ3v) is 4.52. The maximum absolute atomic E-state index is 12.4. The summed E-state index contributed by atoms with van der Waals surface area (Å²) < 4.78 is 0. The fraction of sp³-hybridized carbons (Fsp3) is 0.235. The van der Waals surface area contributed by atoms with Crippen LogP contribution in [0.3, 0.4) is 0 Å². The van der Waals surface area contributed by atoms with E-state index in [-0.39, 0.29) is 17.7 Å². The van der Waals surface area contributed by atoms with Crippen molar-refractivity contribution in [3.8, 4) is 0 Å². The van der Waals surface area contributed by atoms with Crippen molar-refractivity contribution in [1.29, 1.82) is 0 Å². The smallest absolute Gasteiger partial charge is 0.228 e. The van der Waals surface area contributed by atoms with E-state index in [1.54, 1.807) is 6.07 Å². The van der Waals surface area contributed by atoms with E-state index in [1.807, 2.05) is 42.5 Å². The van der Waals surface area contributed by atoms with E-state index >= 15 is 0 Å². The summed E-state index contributed by atoms with van der Waals surface area (Å²) in [6, 6.07) is 15.4. The van der Waals surface area contributed by atoms with Gasteiger partial charge in [-0.3, -0.25) is 4.79 Å². The summed E-state index contributed by atoms with van der Waals surface area (Å²) in [4.78, 5) is 12.4. The number of benzene rings is 2. The first-order valence-electron chi connectivity index (χ1n) is 6.94. The number of piperidine rings is 1. The van der Waals surface area contributed by atoms with Crippen LogP contribution in [0.2, 0.25) is 10.0 Å². The number of rotatable bonds is 2. The lowest BCUT2D eigenvalue weighted by Crippen LogP contribution is -2.39. The molecule has 108 valence electrons. The van der Waals surface area contributed by atoms with Crippen LogP contribution in [0.4, 0.5) is 0 Å². The first kappa shape index (κ1) is 14.4. The van der Waals surface area contributed by atoms with E-state index in [0.29, 0.717) is 16.6 Å². The minimum absolute atomic E-state index is 0.0588. The normalized spacial score (nSPS) is 21.9. The zero-order valence-electron chi connectivity index (χ0n) is 11.4. The lowest BCUT2D eigenvalue weighted by atomic mass is 9.77. The highest BCUT2D eigenvalue weighted by Gasteiger charge is 2.35. The number of nitrogens with one attached hydrogen (secondary N) is 1. The van der Waals surface area contributed by atoms with Crippen molar-refractivity contribution in [1.82, 2.24) is 5.32 Å². The summed E-state index contributed by atoms with van der Waals surface area (Å²) in [6.45, 7) is 0.672. The number of carbonyl (C=O) groups is 1. The molecule has 0 bridgehead atoms. The maximum atomic E-state index is 12.4. The van der Waals surface area contributed by atoms with E-state index in [1.165, 1.54) is 0 Å². The van der Waals surface area contributed by atoms with Crippen LogP contribution in [0.5, 0.6) is 0 Å². The van der Waals surface area contributed by atoms with Gasteiger partial charge in [-0.05, 0) is 29.7 Å². The molecule has 0 unspecified atom stereocenters. The van der Waals surface area contributed by atoms with Crippen LogP contribution in [-0.2, 0) is 4.79 Å². The standard InChI is InChI=1S/C17H15Cl2NO/c18-12-6-7-13(15(19)10-12)14-8-9-20-17(21)16(14)11-4-2-1-3-5-11/h1-7,10,14,16H,8-9H2,(H,20,21)/t14-,16+/m0/s1. The van der Waals surface area contributed by atoms with Crippen LogP contribution in [0.1, 0.15) is 29.4 Å². The Morgan fingerprint density at radius 3 is 2.52 bits per heavy atom. The van der Waals surface area contributed by atoms with Crippen LogP contribution < -0.4 is 5.32 Å². The van der Waals surface area contributed by atoms with Gasteiger partial charge in [0.1, 0.15) is 0 Å². The molecule has 1 saturated heterocycles. The van der Waals surface area contributed by atoms with Gasteiger partial charge >= 0.3 is 0 Å². The van der Waals surface area contributed by atoms with Crippen molar-refractivity contribution < 1.29 is 4.79 Å². The summed E-state index contributed by atoms with van der Waals surface area (Å²) >= 11 is 12.3. The third-order valence-electron chi connectivity index (χ3n) is 3.96. The molecule has 4 heteroatoms. The molecule has 2 aromatic rings. The highest BCUT2D eigenvalue weighted by atomic mass is 35.5. The fourth-order valence-electron chi connectivity index (χ4n) is 2.99. The minimum atomic E-state index is -0.210. The second-order valence-corrected chi connectivity index (χ2v) is 6.08. The molecule has 0 saturated carbocycles. The Balaban J connectivity index is 2.04. The Bertz CT molecular complexity index is 657. The van der Waals surface area contributed by atoms with Gasteiger partial charge < -0.3 is 5.32 Å². The Labute approximate surface area is 134 Å². The number of carbonyl (C=O) groups excluding carboxylic acids is 1. The van der Waals surface area contributed by atoms with E-state index in [9.17, 15) is 4.79 Å². The molecule has 1 fully saturated rings. The Morgan fingerprint density at radius 1 is 1.05 bits per heavy atom. The quantitative estimate of drug-likeness (QED) is 0.874. The fourth-order valence-corrected chi connectivity index (χ4v) is 3.54. The van der Waals surface area contributed by atoms with Crippen LogP contribution in [0.15, 0.2) is 48.5 Å². The SMILES string of the molecule is O=C1NCC[C@@H](c2ccc(Cl)cc2Cl)[C@H]1c1ccccc1. The van der Waals surface area contributed by atoms with Crippen molar-refractivity contribution in [2.45, 2.75) is 18.3 Å². The zero-order chi connectivity index (χ0) is 14.8. The van der Waals surface area contributed by atoms with Gasteiger partial charge in [0.2, 0.25) is 5.91 Å². The van der Waals surface area contributed by atoms with E-state index in [2.05, 4.69) is 5.32 Å². The molecule has 0 radical (unpaired) electrons. The molecule has 3 rings (SSSR count). The second-order valence-electron chi connectivity index (χ2n) is 5.24. The van der Waals surface area contributed by atoms with E-state index in [0.717, 1.165) is 17.5 Å². The van der Waals surface area contributed by atoms with Crippen LogP contribution in [-0.4, -0.2) is 12.5 Å². The van der Waals surface area contributed by atoms with Crippen molar-refractivity contribution in [3.63, 3.8) is 0 Å². The Hall–Kier alpha value is -1.51. The lowest BCUT2D eigenvalue weighted by Gasteiger charge is -2.32. The average molecular weight is 320 g/mol. The predicted molar refractivity (Wildman–Crippen MR) is 86.0 cm³/mol. The molecular weight excluding hydrogens is 305 g/mol. The van der Waals surface area contributed by atoms with Gasteiger partial charge in [0.15, 0.2) is 0 Å². The molecule has 2 atom stereocenters. The molecule has 0 spiro atoms. The maximum Gasteiger partial charge on any atom is 0.228 e. The molecule has 2 aromatic carbocycles. The molecule has 21 heavy (non-hydrogen) atoms. The van der Waals surface area contributed by atoms with Crippen molar-refractivity contribution in [3.05, 3.63) is 69.7 Å². The predicted octanol–water partition coefficient (Wildman–Crippen LogP) is 4.38. The average Bonchev–Trinajstić information content (AvgIpc) is 2.48. The summed E-state index contributed by atoms with van der Waals surface area (Å²) in [6.07, 6.45) is 0.868. The highest BCUT2D eigenvalue weighted by Crippen LogP contribution is 2.41. The van der Waals surface area contributed by atoms with Crippen molar-refractivity contribution in [2.24, 2.45) is 0 Å². The number of amides is 1. The monoisotopic (exact) mass is 319 g/mol. The third kappa shape index (κ3) is 2.92. The minimum Gasteiger partial charge on any atom is -0.356 e. The van der Waals surface area contributed by atoms with Crippen molar-refractivity contribution >= 4 is 29.1 Å². The molecule has 1 heterocycles. The van der Waals surface area contributed by atoms with Crippen LogP contribution in [0, 0.1) is 0 Å². The molecular formula is C17H15Cl2NO. The Morgan fingerprint density at radius 2 is 1.81 bits per heavy atom. The molecule has 1 N–H and O–H groups in total. The van der Waals surface area contributed by atoms with Gasteiger partial charge in [-0.2, -0.15) is 0 Å². The molecule has 2 nitrogen and oxygen atoms in total. The second kappa shape index (κ2) is 6.08. The van der Waals surface area contributed by atoms with Crippen LogP contribution in [0.25, 0.3) is 0 Å². The van der Waals surface area contributed by atoms with Gasteiger partial charge in [-0.15, -0.1) is 0 Å². The zero-order valence-corrected chi connectivity index (χ0v) is 12.9. The Kier molecular flexibility index (Phi) is 4.18.